The van der Waals surface area contributed by atoms with Gasteiger partial charge in [-0.1, -0.05) is 5.16 Å². The first-order chi connectivity index (χ1) is 10.5. The number of rotatable bonds is 4. The number of carbonyl (C=O) groups is 2. The van der Waals surface area contributed by atoms with Gasteiger partial charge in [0.1, 0.15) is 6.04 Å². The Balaban J connectivity index is 1.86. The van der Waals surface area contributed by atoms with Crippen molar-refractivity contribution < 1.29 is 14.1 Å². The van der Waals surface area contributed by atoms with E-state index in [4.69, 9.17) is 4.52 Å². The van der Waals surface area contributed by atoms with Crippen LogP contribution < -0.4 is 5.32 Å². The first-order valence-corrected chi connectivity index (χ1v) is 7.53. The summed E-state index contributed by atoms with van der Waals surface area (Å²) < 4.78 is 4.97. The third-order valence-corrected chi connectivity index (χ3v) is 3.63. The largest absolute Gasteiger partial charge is 0.345 e. The van der Waals surface area contributed by atoms with Gasteiger partial charge < -0.3 is 14.7 Å². The molecule has 1 atom stereocenters. The predicted molar refractivity (Wildman–Crippen MR) is 78.8 cm³/mol. The quantitative estimate of drug-likeness (QED) is 0.837. The topological polar surface area (TPSA) is 91.6 Å². The SMILES string of the molecule is CC(=O)NC(C)C(=O)N1CCCN(Cc2noc(C)n2)CC1. The number of carbonyl (C=O) groups excluding carboxylic acids is 2. The molecule has 8 nitrogen and oxygen atoms in total. The number of amides is 2. The fourth-order valence-electron chi connectivity index (χ4n) is 2.60. The standard InChI is InChI=1S/C14H23N5O3/c1-10(15-11(2)20)14(21)19-6-4-5-18(7-8-19)9-13-16-12(3)22-17-13/h10H,4-9H2,1-3H3,(H,15,20). The minimum Gasteiger partial charge on any atom is -0.345 e. The Hall–Kier alpha value is -1.96. The highest BCUT2D eigenvalue weighted by atomic mass is 16.5. The van der Waals surface area contributed by atoms with Gasteiger partial charge in [-0.3, -0.25) is 14.5 Å². The number of nitrogens with one attached hydrogen (secondary N) is 1. The van der Waals surface area contributed by atoms with Crippen molar-refractivity contribution in [1.82, 2.24) is 25.3 Å². The van der Waals surface area contributed by atoms with Crippen LogP contribution in [-0.4, -0.2) is 64.0 Å². The van der Waals surface area contributed by atoms with Gasteiger partial charge in [0.25, 0.3) is 0 Å². The number of hydrogen-bond acceptors (Lipinski definition) is 6. The van der Waals surface area contributed by atoms with Crippen molar-refractivity contribution in [3.8, 4) is 0 Å². The van der Waals surface area contributed by atoms with Crippen LogP contribution in [0.3, 0.4) is 0 Å². The van der Waals surface area contributed by atoms with E-state index >= 15 is 0 Å². The average Bonchev–Trinajstić information content (AvgIpc) is 2.72. The maximum Gasteiger partial charge on any atom is 0.244 e. The predicted octanol–water partition coefficient (Wildman–Crippen LogP) is -0.0631. The molecule has 1 aromatic rings. The maximum atomic E-state index is 12.3. The summed E-state index contributed by atoms with van der Waals surface area (Å²) >= 11 is 0. The van der Waals surface area contributed by atoms with Gasteiger partial charge >= 0.3 is 0 Å². The van der Waals surface area contributed by atoms with E-state index in [9.17, 15) is 9.59 Å². The summed E-state index contributed by atoms with van der Waals surface area (Å²) in [5.74, 6) is 1.01. The number of aromatic nitrogens is 2. The summed E-state index contributed by atoms with van der Waals surface area (Å²) in [4.78, 5) is 31.6. The molecular weight excluding hydrogens is 286 g/mol. The number of aryl methyl sites for hydroxylation is 1. The van der Waals surface area contributed by atoms with E-state index in [1.165, 1.54) is 6.92 Å². The second-order valence-corrected chi connectivity index (χ2v) is 5.61. The number of hydrogen-bond donors (Lipinski definition) is 1. The Kier molecular flexibility index (Phi) is 5.48. The van der Waals surface area contributed by atoms with E-state index in [-0.39, 0.29) is 11.8 Å². The van der Waals surface area contributed by atoms with Crippen LogP contribution >= 0.6 is 0 Å². The van der Waals surface area contributed by atoms with E-state index in [0.29, 0.717) is 31.3 Å². The lowest BCUT2D eigenvalue weighted by Gasteiger charge is -2.24. The Morgan fingerprint density at radius 3 is 2.73 bits per heavy atom. The summed E-state index contributed by atoms with van der Waals surface area (Å²) in [5.41, 5.74) is 0. The maximum absolute atomic E-state index is 12.3. The lowest BCUT2D eigenvalue weighted by molar-refractivity contribution is -0.135. The third kappa shape index (κ3) is 4.52. The molecule has 0 radical (unpaired) electrons. The molecule has 1 aromatic heterocycles. The van der Waals surface area contributed by atoms with E-state index in [1.807, 2.05) is 4.90 Å². The molecule has 2 amide bonds. The zero-order chi connectivity index (χ0) is 16.1. The molecule has 1 fully saturated rings. The monoisotopic (exact) mass is 309 g/mol. The lowest BCUT2D eigenvalue weighted by atomic mass is 10.2. The van der Waals surface area contributed by atoms with Gasteiger partial charge in [0, 0.05) is 40.0 Å². The molecule has 122 valence electrons. The van der Waals surface area contributed by atoms with Crippen molar-refractivity contribution in [2.75, 3.05) is 26.2 Å². The van der Waals surface area contributed by atoms with Crippen LogP contribution in [0.25, 0.3) is 0 Å². The highest BCUT2D eigenvalue weighted by molar-refractivity contribution is 5.86. The van der Waals surface area contributed by atoms with Crippen LogP contribution in [0.4, 0.5) is 0 Å². The van der Waals surface area contributed by atoms with Gasteiger partial charge in [0.05, 0.1) is 6.54 Å². The fourth-order valence-corrected chi connectivity index (χ4v) is 2.60. The Morgan fingerprint density at radius 1 is 1.32 bits per heavy atom. The second-order valence-electron chi connectivity index (χ2n) is 5.61. The van der Waals surface area contributed by atoms with E-state index < -0.39 is 6.04 Å². The van der Waals surface area contributed by atoms with E-state index in [2.05, 4.69) is 20.4 Å². The molecular formula is C14H23N5O3. The molecule has 0 aromatic carbocycles. The summed E-state index contributed by atoms with van der Waals surface area (Å²) in [6.07, 6.45) is 0.884. The Bertz CT molecular complexity index is 530. The normalized spacial score (nSPS) is 17.9. The Labute approximate surface area is 129 Å². The van der Waals surface area contributed by atoms with E-state index in [1.54, 1.807) is 13.8 Å². The van der Waals surface area contributed by atoms with Crippen molar-refractivity contribution in [2.24, 2.45) is 0 Å². The summed E-state index contributed by atoms with van der Waals surface area (Å²) in [5, 5.41) is 6.54. The van der Waals surface area contributed by atoms with Crippen LogP contribution in [0.15, 0.2) is 4.52 Å². The smallest absolute Gasteiger partial charge is 0.244 e. The van der Waals surface area contributed by atoms with Gasteiger partial charge in [0.15, 0.2) is 5.82 Å². The zero-order valence-corrected chi connectivity index (χ0v) is 13.3. The number of nitrogens with zero attached hydrogens (tertiary/aromatic N) is 4. The Morgan fingerprint density at radius 2 is 2.09 bits per heavy atom. The van der Waals surface area contributed by atoms with Crippen molar-refractivity contribution in [3.63, 3.8) is 0 Å². The highest BCUT2D eigenvalue weighted by Crippen LogP contribution is 2.08. The molecule has 2 rings (SSSR count). The van der Waals surface area contributed by atoms with Crippen molar-refractivity contribution >= 4 is 11.8 Å². The van der Waals surface area contributed by atoms with Crippen LogP contribution in [0, 0.1) is 6.92 Å². The molecule has 0 aliphatic carbocycles. The minimum atomic E-state index is -0.482. The molecule has 1 saturated heterocycles. The van der Waals surface area contributed by atoms with Crippen LogP contribution in [0.1, 0.15) is 32.0 Å². The molecule has 0 spiro atoms. The second kappa shape index (κ2) is 7.35. The molecule has 2 heterocycles. The third-order valence-electron chi connectivity index (χ3n) is 3.63. The molecule has 1 aliphatic rings. The molecule has 1 N–H and O–H groups in total. The molecule has 8 heteroatoms. The summed E-state index contributed by atoms with van der Waals surface area (Å²) in [6.45, 7) is 8.50. The van der Waals surface area contributed by atoms with Crippen LogP contribution in [0.2, 0.25) is 0 Å². The molecule has 0 bridgehead atoms. The van der Waals surface area contributed by atoms with E-state index in [0.717, 1.165) is 19.5 Å². The molecule has 1 unspecified atom stereocenters. The minimum absolute atomic E-state index is 0.0348. The zero-order valence-electron chi connectivity index (χ0n) is 13.3. The van der Waals surface area contributed by atoms with Gasteiger partial charge in [-0.05, 0) is 13.3 Å². The summed E-state index contributed by atoms with van der Waals surface area (Å²) in [7, 11) is 0. The van der Waals surface area contributed by atoms with Crippen LogP contribution in [0.5, 0.6) is 0 Å². The van der Waals surface area contributed by atoms with Gasteiger partial charge in [-0.25, -0.2) is 0 Å². The average molecular weight is 309 g/mol. The van der Waals surface area contributed by atoms with Gasteiger partial charge in [-0.2, -0.15) is 4.98 Å². The van der Waals surface area contributed by atoms with Crippen molar-refractivity contribution in [1.29, 1.82) is 0 Å². The van der Waals surface area contributed by atoms with Crippen LogP contribution in [-0.2, 0) is 16.1 Å². The molecule has 0 saturated carbocycles. The fraction of sp³-hybridized carbons (Fsp3) is 0.714. The highest BCUT2D eigenvalue weighted by Gasteiger charge is 2.24. The summed E-state index contributed by atoms with van der Waals surface area (Å²) in [6, 6.07) is -0.482. The first-order valence-electron chi connectivity index (χ1n) is 7.53. The first kappa shape index (κ1) is 16.4. The van der Waals surface area contributed by atoms with Crippen molar-refractivity contribution in [2.45, 2.75) is 39.8 Å². The van der Waals surface area contributed by atoms with Crippen molar-refractivity contribution in [3.05, 3.63) is 11.7 Å². The van der Waals surface area contributed by atoms with Gasteiger partial charge in [-0.15, -0.1) is 0 Å². The molecule has 1 aliphatic heterocycles. The lowest BCUT2D eigenvalue weighted by Crippen LogP contribution is -2.47. The molecule has 22 heavy (non-hydrogen) atoms. The van der Waals surface area contributed by atoms with Gasteiger partial charge in [0.2, 0.25) is 17.7 Å².